The molecule has 3 rings (SSSR count). The molecule has 0 radical (unpaired) electrons. The molecular formula is C19H28N2O2. The third kappa shape index (κ3) is 4.33. The molecule has 1 saturated carbocycles. The maximum atomic E-state index is 12.3. The SMILES string of the molecule is Cc1ccc(C(CNC(=O)C(C)C2CC2)N2CCOCC2)cc1. The third-order valence-electron chi connectivity index (χ3n) is 5.16. The number of nitrogens with zero attached hydrogens (tertiary/aromatic N) is 1. The first-order valence-electron chi connectivity index (χ1n) is 8.81. The Morgan fingerprint density at radius 2 is 1.91 bits per heavy atom. The van der Waals surface area contributed by atoms with E-state index in [4.69, 9.17) is 4.74 Å². The van der Waals surface area contributed by atoms with Gasteiger partial charge in [-0.3, -0.25) is 9.69 Å². The Morgan fingerprint density at radius 3 is 2.52 bits per heavy atom. The van der Waals surface area contributed by atoms with Gasteiger partial charge in [-0.05, 0) is 31.2 Å². The molecule has 23 heavy (non-hydrogen) atoms. The van der Waals surface area contributed by atoms with E-state index in [1.54, 1.807) is 0 Å². The lowest BCUT2D eigenvalue weighted by Crippen LogP contribution is -2.44. The summed E-state index contributed by atoms with van der Waals surface area (Å²) >= 11 is 0. The number of hydrogen-bond donors (Lipinski definition) is 1. The summed E-state index contributed by atoms with van der Waals surface area (Å²) in [6.45, 7) is 8.23. The van der Waals surface area contributed by atoms with Crippen molar-refractivity contribution in [3.8, 4) is 0 Å². The largest absolute Gasteiger partial charge is 0.379 e. The van der Waals surface area contributed by atoms with Crippen molar-refractivity contribution in [2.75, 3.05) is 32.8 Å². The van der Waals surface area contributed by atoms with Gasteiger partial charge in [0, 0.05) is 25.6 Å². The fourth-order valence-corrected chi connectivity index (χ4v) is 3.30. The molecule has 1 heterocycles. The monoisotopic (exact) mass is 316 g/mol. The minimum Gasteiger partial charge on any atom is -0.379 e. The number of benzene rings is 1. The van der Waals surface area contributed by atoms with Crippen molar-refractivity contribution in [2.45, 2.75) is 32.7 Å². The van der Waals surface area contributed by atoms with E-state index in [1.165, 1.54) is 24.0 Å². The van der Waals surface area contributed by atoms with Gasteiger partial charge in [0.2, 0.25) is 5.91 Å². The molecule has 1 aliphatic carbocycles. The summed E-state index contributed by atoms with van der Waals surface area (Å²) in [5.74, 6) is 0.965. The van der Waals surface area contributed by atoms with Crippen molar-refractivity contribution in [1.82, 2.24) is 10.2 Å². The van der Waals surface area contributed by atoms with Gasteiger partial charge in [0.25, 0.3) is 0 Å². The molecule has 4 nitrogen and oxygen atoms in total. The summed E-state index contributed by atoms with van der Waals surface area (Å²) in [6.07, 6.45) is 2.42. The quantitative estimate of drug-likeness (QED) is 0.877. The van der Waals surface area contributed by atoms with Crippen molar-refractivity contribution >= 4 is 5.91 Å². The Labute approximate surface area is 139 Å². The van der Waals surface area contributed by atoms with E-state index in [0.29, 0.717) is 12.5 Å². The molecule has 1 aromatic carbocycles. The Morgan fingerprint density at radius 1 is 1.26 bits per heavy atom. The summed E-state index contributed by atoms with van der Waals surface area (Å²) in [6, 6.07) is 8.90. The highest BCUT2D eigenvalue weighted by Gasteiger charge is 2.33. The van der Waals surface area contributed by atoms with E-state index >= 15 is 0 Å². The topological polar surface area (TPSA) is 41.6 Å². The Bertz CT molecular complexity index is 519. The lowest BCUT2D eigenvalue weighted by atomic mass is 10.0. The summed E-state index contributed by atoms with van der Waals surface area (Å²) in [5.41, 5.74) is 2.54. The predicted octanol–water partition coefficient (Wildman–Crippen LogP) is 2.53. The molecule has 2 aliphatic rings. The van der Waals surface area contributed by atoms with Crippen LogP contribution >= 0.6 is 0 Å². The number of ether oxygens (including phenoxy) is 1. The van der Waals surface area contributed by atoms with E-state index in [9.17, 15) is 4.79 Å². The third-order valence-corrected chi connectivity index (χ3v) is 5.16. The van der Waals surface area contributed by atoms with Gasteiger partial charge in [-0.1, -0.05) is 36.8 Å². The maximum absolute atomic E-state index is 12.3. The van der Waals surface area contributed by atoms with Gasteiger partial charge < -0.3 is 10.1 Å². The Hall–Kier alpha value is -1.39. The van der Waals surface area contributed by atoms with Gasteiger partial charge in [0.15, 0.2) is 0 Å². The molecule has 4 heteroatoms. The van der Waals surface area contributed by atoms with Gasteiger partial charge in [-0.2, -0.15) is 0 Å². The molecule has 126 valence electrons. The number of aryl methyl sites for hydroxylation is 1. The van der Waals surface area contributed by atoms with Crippen molar-refractivity contribution in [1.29, 1.82) is 0 Å². The van der Waals surface area contributed by atoms with E-state index < -0.39 is 0 Å². The fourth-order valence-electron chi connectivity index (χ4n) is 3.30. The maximum Gasteiger partial charge on any atom is 0.223 e. The van der Waals surface area contributed by atoms with Crippen LogP contribution in [0.2, 0.25) is 0 Å². The van der Waals surface area contributed by atoms with E-state index in [2.05, 4.69) is 48.3 Å². The van der Waals surface area contributed by atoms with Crippen molar-refractivity contribution in [2.24, 2.45) is 11.8 Å². The van der Waals surface area contributed by atoms with E-state index in [-0.39, 0.29) is 17.9 Å². The van der Waals surface area contributed by atoms with Crippen LogP contribution in [0.3, 0.4) is 0 Å². The zero-order valence-corrected chi connectivity index (χ0v) is 14.3. The molecule has 0 bridgehead atoms. The number of amides is 1. The molecular weight excluding hydrogens is 288 g/mol. The van der Waals surface area contributed by atoms with E-state index in [1.807, 2.05) is 0 Å². The number of carbonyl (C=O) groups is 1. The van der Waals surface area contributed by atoms with Crippen LogP contribution in [0, 0.1) is 18.8 Å². The van der Waals surface area contributed by atoms with Crippen LogP contribution < -0.4 is 5.32 Å². The number of carbonyl (C=O) groups excluding carboxylic acids is 1. The Kier molecular flexibility index (Phi) is 5.34. The summed E-state index contributed by atoms with van der Waals surface area (Å²) in [7, 11) is 0. The van der Waals surface area contributed by atoms with Crippen LogP contribution in [-0.2, 0) is 9.53 Å². The highest BCUT2D eigenvalue weighted by Crippen LogP contribution is 2.36. The molecule has 2 unspecified atom stereocenters. The predicted molar refractivity (Wildman–Crippen MR) is 91.2 cm³/mol. The molecule has 1 amide bonds. The average Bonchev–Trinajstić information content (AvgIpc) is 3.41. The number of hydrogen-bond acceptors (Lipinski definition) is 3. The Balaban J connectivity index is 1.66. The van der Waals surface area contributed by atoms with Crippen molar-refractivity contribution < 1.29 is 9.53 Å². The molecule has 0 spiro atoms. The van der Waals surface area contributed by atoms with E-state index in [0.717, 1.165) is 26.3 Å². The first kappa shape index (κ1) is 16.5. The zero-order chi connectivity index (χ0) is 16.2. The van der Waals surface area contributed by atoms with Crippen LogP contribution in [0.1, 0.15) is 36.9 Å². The normalized spacial score (nSPS) is 21.7. The summed E-state index contributed by atoms with van der Waals surface area (Å²) in [4.78, 5) is 14.8. The summed E-state index contributed by atoms with van der Waals surface area (Å²) < 4.78 is 5.48. The van der Waals surface area contributed by atoms with Crippen LogP contribution in [0.15, 0.2) is 24.3 Å². The van der Waals surface area contributed by atoms with Crippen LogP contribution in [0.5, 0.6) is 0 Å². The lowest BCUT2D eigenvalue weighted by molar-refractivity contribution is -0.125. The summed E-state index contributed by atoms with van der Waals surface area (Å²) in [5, 5.41) is 3.19. The smallest absolute Gasteiger partial charge is 0.223 e. The van der Waals surface area contributed by atoms with Gasteiger partial charge >= 0.3 is 0 Å². The van der Waals surface area contributed by atoms with Gasteiger partial charge in [0.1, 0.15) is 0 Å². The lowest BCUT2D eigenvalue weighted by Gasteiger charge is -2.35. The minimum atomic E-state index is 0.151. The molecule has 1 aliphatic heterocycles. The van der Waals surface area contributed by atoms with Crippen molar-refractivity contribution in [3.05, 3.63) is 35.4 Å². The molecule has 1 aromatic rings. The molecule has 2 fully saturated rings. The number of morpholine rings is 1. The average molecular weight is 316 g/mol. The van der Waals surface area contributed by atoms with Crippen molar-refractivity contribution in [3.63, 3.8) is 0 Å². The van der Waals surface area contributed by atoms with Gasteiger partial charge in [-0.15, -0.1) is 0 Å². The molecule has 2 atom stereocenters. The minimum absolute atomic E-state index is 0.151. The van der Waals surface area contributed by atoms with Crippen LogP contribution in [-0.4, -0.2) is 43.7 Å². The van der Waals surface area contributed by atoms with Gasteiger partial charge in [0.05, 0.1) is 19.3 Å². The first-order chi connectivity index (χ1) is 11.1. The van der Waals surface area contributed by atoms with Crippen LogP contribution in [0.25, 0.3) is 0 Å². The standard InChI is InChI=1S/C19H28N2O2/c1-14-3-5-17(6-4-14)18(21-9-11-23-12-10-21)13-20-19(22)15(2)16-7-8-16/h3-6,15-16,18H,7-13H2,1-2H3,(H,20,22). The molecule has 0 aromatic heterocycles. The molecule has 1 N–H and O–H groups in total. The number of rotatable bonds is 6. The van der Waals surface area contributed by atoms with Crippen LogP contribution in [0.4, 0.5) is 0 Å². The number of nitrogens with one attached hydrogen (secondary N) is 1. The first-order valence-corrected chi connectivity index (χ1v) is 8.81. The highest BCUT2D eigenvalue weighted by atomic mass is 16.5. The second kappa shape index (κ2) is 7.45. The second-order valence-corrected chi connectivity index (χ2v) is 6.95. The second-order valence-electron chi connectivity index (χ2n) is 6.95. The molecule has 1 saturated heterocycles. The zero-order valence-electron chi connectivity index (χ0n) is 14.3. The van der Waals surface area contributed by atoms with Gasteiger partial charge in [-0.25, -0.2) is 0 Å². The highest BCUT2D eigenvalue weighted by molar-refractivity contribution is 5.78. The fraction of sp³-hybridized carbons (Fsp3) is 0.632.